The number of nitrogens with one attached hydrogen (secondary N) is 2. The quantitative estimate of drug-likeness (QED) is 0.450. The summed E-state index contributed by atoms with van der Waals surface area (Å²) in [6, 6.07) is 8.31. The molecule has 8 nitrogen and oxygen atoms in total. The SMILES string of the molecule is COc1cc2ncnc(Nc3cccc(Cl)c3F)c2cc1OCCCN1CCC2(CCNC2=O)C1. The summed E-state index contributed by atoms with van der Waals surface area (Å²) in [5.74, 6) is 1.18. The molecule has 5 rings (SSSR count). The predicted octanol–water partition coefficient (Wildman–Crippen LogP) is 4.16. The summed E-state index contributed by atoms with van der Waals surface area (Å²) < 4.78 is 26.0. The van der Waals surface area contributed by atoms with E-state index in [9.17, 15) is 9.18 Å². The van der Waals surface area contributed by atoms with Crippen molar-refractivity contribution in [3.05, 3.63) is 47.5 Å². The first-order valence-corrected chi connectivity index (χ1v) is 12.0. The molecule has 0 radical (unpaired) electrons. The van der Waals surface area contributed by atoms with Crippen molar-refractivity contribution >= 4 is 39.9 Å². The molecule has 10 heteroatoms. The summed E-state index contributed by atoms with van der Waals surface area (Å²) in [6.07, 6.45) is 4.05. The molecule has 0 bridgehead atoms. The van der Waals surface area contributed by atoms with Crippen LogP contribution >= 0.6 is 11.6 Å². The lowest BCUT2D eigenvalue weighted by atomic mass is 9.86. The fourth-order valence-electron chi connectivity index (χ4n) is 4.89. The van der Waals surface area contributed by atoms with Gasteiger partial charge in [0.05, 0.1) is 35.4 Å². The lowest BCUT2D eigenvalue weighted by Gasteiger charge is -2.21. The first-order chi connectivity index (χ1) is 17.0. The number of hydrogen-bond acceptors (Lipinski definition) is 7. The van der Waals surface area contributed by atoms with Gasteiger partial charge in [-0.05, 0) is 44.0 Å². The number of methoxy groups -OCH3 is 1. The maximum Gasteiger partial charge on any atom is 0.227 e. The van der Waals surface area contributed by atoms with Gasteiger partial charge in [-0.2, -0.15) is 0 Å². The summed E-state index contributed by atoms with van der Waals surface area (Å²) in [4.78, 5) is 23.1. The van der Waals surface area contributed by atoms with Gasteiger partial charge in [-0.3, -0.25) is 4.79 Å². The van der Waals surface area contributed by atoms with Gasteiger partial charge in [0, 0.05) is 31.1 Å². The topological polar surface area (TPSA) is 88.6 Å². The van der Waals surface area contributed by atoms with Crippen molar-refractivity contribution in [1.82, 2.24) is 20.2 Å². The normalized spacial score (nSPS) is 19.9. The number of likely N-dealkylation sites (tertiary alicyclic amines) is 1. The molecule has 2 aliphatic rings. The number of halogens is 2. The van der Waals surface area contributed by atoms with Gasteiger partial charge in [0.2, 0.25) is 5.91 Å². The lowest BCUT2D eigenvalue weighted by Crippen LogP contribution is -2.34. The Morgan fingerprint density at radius 1 is 1.26 bits per heavy atom. The van der Waals surface area contributed by atoms with Gasteiger partial charge in [0.1, 0.15) is 12.1 Å². The van der Waals surface area contributed by atoms with Crippen molar-refractivity contribution in [2.75, 3.05) is 45.2 Å². The number of carbonyl (C=O) groups excluding carboxylic acids is 1. The van der Waals surface area contributed by atoms with Gasteiger partial charge >= 0.3 is 0 Å². The van der Waals surface area contributed by atoms with E-state index < -0.39 is 5.82 Å². The van der Waals surface area contributed by atoms with Crippen LogP contribution in [0.2, 0.25) is 5.02 Å². The van der Waals surface area contributed by atoms with Crippen LogP contribution in [0.15, 0.2) is 36.7 Å². The van der Waals surface area contributed by atoms with Gasteiger partial charge in [-0.1, -0.05) is 17.7 Å². The van der Waals surface area contributed by atoms with Crippen molar-refractivity contribution in [1.29, 1.82) is 0 Å². The average Bonchev–Trinajstić information content (AvgIpc) is 3.44. The first-order valence-electron chi connectivity index (χ1n) is 11.7. The van der Waals surface area contributed by atoms with Crippen molar-refractivity contribution < 1.29 is 18.7 Å². The summed E-state index contributed by atoms with van der Waals surface area (Å²) >= 11 is 5.92. The van der Waals surface area contributed by atoms with E-state index in [1.165, 1.54) is 12.4 Å². The highest BCUT2D eigenvalue weighted by atomic mass is 35.5. The summed E-state index contributed by atoms with van der Waals surface area (Å²) in [7, 11) is 1.58. The molecule has 2 aliphatic heterocycles. The minimum Gasteiger partial charge on any atom is -0.493 e. The Labute approximate surface area is 207 Å². The van der Waals surface area contributed by atoms with Crippen LogP contribution in [0.4, 0.5) is 15.9 Å². The molecule has 184 valence electrons. The van der Waals surface area contributed by atoms with Gasteiger partial charge in [-0.25, -0.2) is 14.4 Å². The predicted molar refractivity (Wildman–Crippen MR) is 132 cm³/mol. The monoisotopic (exact) mass is 499 g/mol. The Morgan fingerprint density at radius 2 is 2.14 bits per heavy atom. The first kappa shape index (κ1) is 23.6. The van der Waals surface area contributed by atoms with Gasteiger partial charge in [-0.15, -0.1) is 0 Å². The highest BCUT2D eigenvalue weighted by Gasteiger charge is 2.46. The molecule has 35 heavy (non-hydrogen) atoms. The van der Waals surface area contributed by atoms with E-state index in [1.807, 2.05) is 0 Å². The number of benzene rings is 2. The second-order valence-corrected chi connectivity index (χ2v) is 9.39. The van der Waals surface area contributed by atoms with Crippen molar-refractivity contribution in [2.45, 2.75) is 19.3 Å². The molecule has 3 heterocycles. The van der Waals surface area contributed by atoms with Crippen LogP contribution in [0, 0.1) is 11.2 Å². The average molecular weight is 500 g/mol. The van der Waals surface area contributed by atoms with Crippen molar-refractivity contribution in [3.63, 3.8) is 0 Å². The molecule has 2 saturated heterocycles. The summed E-state index contributed by atoms with van der Waals surface area (Å²) in [5.41, 5.74) is 0.648. The second-order valence-electron chi connectivity index (χ2n) is 8.98. The molecule has 2 fully saturated rings. The number of fused-ring (bicyclic) bond motifs is 1. The third-order valence-electron chi connectivity index (χ3n) is 6.81. The van der Waals surface area contributed by atoms with Crippen LogP contribution in [0.1, 0.15) is 19.3 Å². The Balaban J connectivity index is 1.27. The molecule has 1 spiro atoms. The van der Waals surface area contributed by atoms with Crippen LogP contribution in [-0.2, 0) is 4.79 Å². The molecule has 0 saturated carbocycles. The standard InChI is InChI=1S/C25H27ClFN5O3/c1-34-20-13-19-16(23(30-15-29-19)31-18-5-2-4-17(26)22(18)27)12-21(20)35-11-3-9-32-10-7-25(14-32)6-8-28-24(25)33/h2,4-5,12-13,15H,3,6-11,14H2,1H3,(H,28,33)(H,29,30,31). The zero-order valence-corrected chi connectivity index (χ0v) is 20.2. The molecular formula is C25H27ClFN5O3. The van der Waals surface area contributed by atoms with E-state index in [0.717, 1.165) is 45.4 Å². The number of anilines is 2. The van der Waals surface area contributed by atoms with Gasteiger partial charge in [0.25, 0.3) is 0 Å². The number of carbonyl (C=O) groups is 1. The number of amides is 1. The van der Waals surface area contributed by atoms with E-state index in [-0.39, 0.29) is 22.0 Å². The summed E-state index contributed by atoms with van der Waals surface area (Å²) in [6.45, 7) is 3.86. The maximum atomic E-state index is 14.4. The molecule has 1 aromatic heterocycles. The second kappa shape index (κ2) is 9.83. The van der Waals surface area contributed by atoms with E-state index in [0.29, 0.717) is 34.8 Å². The van der Waals surface area contributed by atoms with E-state index in [2.05, 4.69) is 25.5 Å². The lowest BCUT2D eigenvalue weighted by molar-refractivity contribution is -0.127. The maximum absolute atomic E-state index is 14.4. The van der Waals surface area contributed by atoms with Gasteiger partial charge in [0.15, 0.2) is 17.3 Å². The number of ether oxygens (including phenoxy) is 2. The van der Waals surface area contributed by atoms with Gasteiger partial charge < -0.3 is 25.0 Å². The molecule has 2 N–H and O–H groups in total. The van der Waals surface area contributed by atoms with Crippen molar-refractivity contribution in [3.8, 4) is 11.5 Å². The minimum absolute atomic E-state index is 0.0246. The highest BCUT2D eigenvalue weighted by molar-refractivity contribution is 6.31. The fraction of sp³-hybridized carbons (Fsp3) is 0.400. The Hall–Kier alpha value is -3.17. The molecule has 1 amide bonds. The van der Waals surface area contributed by atoms with E-state index >= 15 is 0 Å². The zero-order chi connectivity index (χ0) is 24.4. The van der Waals surface area contributed by atoms with Crippen LogP contribution in [0.5, 0.6) is 11.5 Å². The number of hydrogen-bond donors (Lipinski definition) is 2. The largest absolute Gasteiger partial charge is 0.493 e. The van der Waals surface area contributed by atoms with Crippen LogP contribution < -0.4 is 20.1 Å². The van der Waals surface area contributed by atoms with Crippen LogP contribution in [0.3, 0.4) is 0 Å². The molecular weight excluding hydrogens is 473 g/mol. The molecule has 2 aromatic carbocycles. The van der Waals surface area contributed by atoms with Crippen LogP contribution in [0.25, 0.3) is 10.9 Å². The fourth-order valence-corrected chi connectivity index (χ4v) is 5.06. The third-order valence-corrected chi connectivity index (χ3v) is 7.10. The van der Waals surface area contributed by atoms with Crippen LogP contribution in [-0.4, -0.2) is 60.7 Å². The van der Waals surface area contributed by atoms with E-state index in [1.54, 1.807) is 31.4 Å². The van der Waals surface area contributed by atoms with E-state index in [4.69, 9.17) is 21.1 Å². The Morgan fingerprint density at radius 3 is 2.94 bits per heavy atom. The number of rotatable bonds is 8. The Bertz CT molecular complexity index is 1260. The molecule has 3 aromatic rings. The Kier molecular flexibility index (Phi) is 6.62. The molecule has 1 unspecified atom stereocenters. The molecule has 0 aliphatic carbocycles. The zero-order valence-electron chi connectivity index (χ0n) is 19.4. The smallest absolute Gasteiger partial charge is 0.227 e. The minimum atomic E-state index is -0.551. The number of nitrogens with zero attached hydrogens (tertiary/aromatic N) is 3. The molecule has 1 atom stereocenters. The number of aromatic nitrogens is 2. The third kappa shape index (κ3) is 4.70. The summed E-state index contributed by atoms with van der Waals surface area (Å²) in [5, 5.41) is 6.66. The highest BCUT2D eigenvalue weighted by Crippen LogP contribution is 2.38. The van der Waals surface area contributed by atoms with Crippen molar-refractivity contribution in [2.24, 2.45) is 5.41 Å².